The maximum atomic E-state index is 12.7. The molecule has 0 aromatic heterocycles. The fourth-order valence-corrected chi connectivity index (χ4v) is 2.60. The van der Waals surface area contributed by atoms with Gasteiger partial charge in [0.05, 0.1) is 5.75 Å². The smallest absolute Gasteiger partial charge is 0.230 e. The van der Waals surface area contributed by atoms with Gasteiger partial charge in [-0.05, 0) is 30.0 Å². The van der Waals surface area contributed by atoms with Gasteiger partial charge < -0.3 is 10.4 Å². The number of aliphatic hydroxyl groups excluding tert-OH is 1. The van der Waals surface area contributed by atoms with E-state index in [4.69, 9.17) is 5.11 Å². The number of benzene rings is 1. The lowest BCUT2D eigenvalue weighted by Crippen LogP contribution is -2.30. The van der Waals surface area contributed by atoms with Crippen LogP contribution in [-0.2, 0) is 10.5 Å². The molecule has 1 unspecified atom stereocenters. The standard InChI is InChI=1S/C15H22FNO2S/c1-2-12(7-8-18)9-17-15(19)11-20-10-13-3-5-14(16)6-4-13/h3-6,12,18H,2,7-11H2,1H3,(H,17,19). The maximum Gasteiger partial charge on any atom is 0.230 e. The molecule has 5 heteroatoms. The van der Waals surface area contributed by atoms with Crippen molar-refractivity contribution in [2.45, 2.75) is 25.5 Å². The fraction of sp³-hybridized carbons (Fsp3) is 0.533. The minimum atomic E-state index is -0.244. The van der Waals surface area contributed by atoms with E-state index < -0.39 is 0 Å². The number of aliphatic hydroxyl groups is 1. The Morgan fingerprint density at radius 2 is 2.10 bits per heavy atom. The number of nitrogens with one attached hydrogen (secondary N) is 1. The topological polar surface area (TPSA) is 49.3 Å². The number of rotatable bonds is 9. The molecular formula is C15H22FNO2S. The van der Waals surface area contributed by atoms with Crippen molar-refractivity contribution in [2.24, 2.45) is 5.92 Å². The number of amides is 1. The van der Waals surface area contributed by atoms with Gasteiger partial charge in [-0.25, -0.2) is 4.39 Å². The van der Waals surface area contributed by atoms with Crippen LogP contribution in [0.1, 0.15) is 25.3 Å². The average Bonchev–Trinajstić information content (AvgIpc) is 2.45. The highest BCUT2D eigenvalue weighted by molar-refractivity contribution is 7.99. The summed E-state index contributed by atoms with van der Waals surface area (Å²) in [5.41, 5.74) is 1.01. The van der Waals surface area contributed by atoms with Crippen LogP contribution in [0, 0.1) is 11.7 Å². The fourth-order valence-electron chi connectivity index (χ4n) is 1.78. The first kappa shape index (κ1) is 17.0. The quantitative estimate of drug-likeness (QED) is 0.737. The van der Waals surface area contributed by atoms with Crippen LogP contribution >= 0.6 is 11.8 Å². The number of hydrogen-bond acceptors (Lipinski definition) is 3. The molecule has 2 N–H and O–H groups in total. The lowest BCUT2D eigenvalue weighted by Gasteiger charge is -2.14. The Labute approximate surface area is 124 Å². The number of carbonyl (C=O) groups excluding carboxylic acids is 1. The lowest BCUT2D eigenvalue weighted by molar-refractivity contribution is -0.118. The summed E-state index contributed by atoms with van der Waals surface area (Å²) in [6, 6.07) is 6.32. The van der Waals surface area contributed by atoms with Gasteiger partial charge in [0.1, 0.15) is 5.82 Å². The molecule has 1 amide bonds. The summed E-state index contributed by atoms with van der Waals surface area (Å²) in [5, 5.41) is 11.8. The van der Waals surface area contributed by atoms with Crippen LogP contribution in [0.25, 0.3) is 0 Å². The molecule has 20 heavy (non-hydrogen) atoms. The maximum absolute atomic E-state index is 12.7. The highest BCUT2D eigenvalue weighted by atomic mass is 32.2. The molecule has 1 atom stereocenters. The number of halogens is 1. The second kappa shape index (κ2) is 9.77. The van der Waals surface area contributed by atoms with Gasteiger partial charge in [0.15, 0.2) is 0 Å². The molecule has 0 saturated heterocycles. The predicted octanol–water partition coefficient (Wildman–Crippen LogP) is 2.58. The van der Waals surface area contributed by atoms with Crippen LogP contribution in [0.15, 0.2) is 24.3 Å². The highest BCUT2D eigenvalue weighted by Gasteiger charge is 2.08. The van der Waals surface area contributed by atoms with Gasteiger partial charge in [-0.2, -0.15) is 0 Å². The summed E-state index contributed by atoms with van der Waals surface area (Å²) in [7, 11) is 0. The largest absolute Gasteiger partial charge is 0.396 e. The van der Waals surface area contributed by atoms with Gasteiger partial charge in [-0.1, -0.05) is 25.5 Å². The third-order valence-electron chi connectivity index (χ3n) is 3.12. The number of carbonyl (C=O) groups is 1. The zero-order valence-corrected chi connectivity index (χ0v) is 12.6. The van der Waals surface area contributed by atoms with Crippen molar-refractivity contribution in [2.75, 3.05) is 18.9 Å². The molecule has 0 heterocycles. The molecule has 1 aromatic carbocycles. The monoisotopic (exact) mass is 299 g/mol. The second-order valence-corrected chi connectivity index (χ2v) is 5.70. The predicted molar refractivity (Wildman–Crippen MR) is 81.1 cm³/mol. The van der Waals surface area contributed by atoms with E-state index >= 15 is 0 Å². The van der Waals surface area contributed by atoms with E-state index in [0.717, 1.165) is 18.4 Å². The molecule has 0 aliphatic heterocycles. The molecule has 0 saturated carbocycles. The van der Waals surface area contributed by atoms with E-state index in [1.165, 1.54) is 23.9 Å². The first-order chi connectivity index (χ1) is 9.65. The minimum Gasteiger partial charge on any atom is -0.396 e. The molecule has 1 aromatic rings. The van der Waals surface area contributed by atoms with Crippen LogP contribution in [0.4, 0.5) is 4.39 Å². The van der Waals surface area contributed by atoms with E-state index in [2.05, 4.69) is 12.2 Å². The van der Waals surface area contributed by atoms with Gasteiger partial charge >= 0.3 is 0 Å². The zero-order chi connectivity index (χ0) is 14.8. The Bertz CT molecular complexity index is 397. The van der Waals surface area contributed by atoms with Crippen molar-refractivity contribution in [3.63, 3.8) is 0 Å². The van der Waals surface area contributed by atoms with E-state index in [0.29, 0.717) is 24.0 Å². The molecule has 0 aliphatic carbocycles. The first-order valence-electron chi connectivity index (χ1n) is 6.85. The molecule has 3 nitrogen and oxygen atoms in total. The first-order valence-corrected chi connectivity index (χ1v) is 8.01. The zero-order valence-electron chi connectivity index (χ0n) is 11.8. The van der Waals surface area contributed by atoms with Crippen molar-refractivity contribution >= 4 is 17.7 Å². The minimum absolute atomic E-state index is 0.00787. The molecule has 0 spiro atoms. The van der Waals surface area contributed by atoms with Crippen LogP contribution in [0.2, 0.25) is 0 Å². The number of thioether (sulfide) groups is 1. The third kappa shape index (κ3) is 6.91. The highest BCUT2D eigenvalue weighted by Crippen LogP contribution is 2.12. The Morgan fingerprint density at radius 1 is 1.40 bits per heavy atom. The van der Waals surface area contributed by atoms with Crippen molar-refractivity contribution in [1.29, 1.82) is 0 Å². The van der Waals surface area contributed by atoms with E-state index in [-0.39, 0.29) is 18.3 Å². The normalized spacial score (nSPS) is 12.2. The Balaban J connectivity index is 2.18. The van der Waals surface area contributed by atoms with Gasteiger partial charge in [0.25, 0.3) is 0 Å². The van der Waals surface area contributed by atoms with Crippen molar-refractivity contribution in [3.8, 4) is 0 Å². The summed E-state index contributed by atoms with van der Waals surface area (Å²) in [4.78, 5) is 11.7. The second-order valence-electron chi connectivity index (χ2n) is 4.71. The number of hydrogen-bond donors (Lipinski definition) is 2. The summed E-state index contributed by atoms with van der Waals surface area (Å²) in [6.45, 7) is 2.83. The van der Waals surface area contributed by atoms with Crippen molar-refractivity contribution in [3.05, 3.63) is 35.6 Å². The van der Waals surface area contributed by atoms with Crippen LogP contribution in [0.3, 0.4) is 0 Å². The van der Waals surface area contributed by atoms with E-state index in [1.54, 1.807) is 12.1 Å². The van der Waals surface area contributed by atoms with Gasteiger partial charge in [0, 0.05) is 18.9 Å². The lowest BCUT2D eigenvalue weighted by atomic mass is 10.0. The Morgan fingerprint density at radius 3 is 2.70 bits per heavy atom. The average molecular weight is 299 g/mol. The van der Waals surface area contributed by atoms with Crippen molar-refractivity contribution in [1.82, 2.24) is 5.32 Å². The summed E-state index contributed by atoms with van der Waals surface area (Å²) in [6.07, 6.45) is 1.67. The summed E-state index contributed by atoms with van der Waals surface area (Å²) < 4.78 is 12.7. The molecule has 0 radical (unpaired) electrons. The molecule has 0 aliphatic rings. The van der Waals surface area contributed by atoms with Crippen LogP contribution < -0.4 is 5.32 Å². The van der Waals surface area contributed by atoms with Gasteiger partial charge in [0.2, 0.25) is 5.91 Å². The van der Waals surface area contributed by atoms with E-state index in [1.807, 2.05) is 0 Å². The van der Waals surface area contributed by atoms with Crippen LogP contribution in [0.5, 0.6) is 0 Å². The SMILES string of the molecule is CCC(CCO)CNC(=O)CSCc1ccc(F)cc1. The molecular weight excluding hydrogens is 277 g/mol. The Hall–Kier alpha value is -1.07. The van der Waals surface area contributed by atoms with E-state index in [9.17, 15) is 9.18 Å². The summed E-state index contributed by atoms with van der Waals surface area (Å²) in [5.74, 6) is 1.19. The third-order valence-corrected chi connectivity index (χ3v) is 4.12. The molecule has 0 fully saturated rings. The molecule has 0 bridgehead atoms. The van der Waals surface area contributed by atoms with Crippen LogP contribution in [-0.4, -0.2) is 29.9 Å². The Kier molecular flexibility index (Phi) is 8.30. The molecule has 1 rings (SSSR count). The molecule has 112 valence electrons. The van der Waals surface area contributed by atoms with Gasteiger partial charge in [-0.3, -0.25) is 4.79 Å². The van der Waals surface area contributed by atoms with Gasteiger partial charge in [-0.15, -0.1) is 11.8 Å². The van der Waals surface area contributed by atoms with Crippen molar-refractivity contribution < 1.29 is 14.3 Å². The summed E-state index contributed by atoms with van der Waals surface area (Å²) >= 11 is 1.51.